The van der Waals surface area contributed by atoms with Gasteiger partial charge in [-0.15, -0.1) is 0 Å². The van der Waals surface area contributed by atoms with Crippen molar-refractivity contribution in [3.8, 4) is 23.3 Å². The maximum Gasteiger partial charge on any atom is 0.409 e. The number of carbonyl (C=O) groups excluding carboxylic acids is 1. The highest BCUT2D eigenvalue weighted by Gasteiger charge is 2.21. The van der Waals surface area contributed by atoms with Gasteiger partial charge in [0.2, 0.25) is 0 Å². The van der Waals surface area contributed by atoms with Gasteiger partial charge in [0.25, 0.3) is 0 Å². The summed E-state index contributed by atoms with van der Waals surface area (Å²) < 4.78 is 11.1. The molecule has 8 nitrogen and oxygen atoms in total. The first-order valence-corrected chi connectivity index (χ1v) is 13.1. The molecule has 1 amide bonds. The maximum atomic E-state index is 11.9. The van der Waals surface area contributed by atoms with Crippen LogP contribution >= 0.6 is 0 Å². The van der Waals surface area contributed by atoms with Gasteiger partial charge in [-0.25, -0.2) is 14.8 Å². The highest BCUT2D eigenvalue weighted by atomic mass is 16.6. The fraction of sp³-hybridized carbons (Fsp3) is 0.258. The number of nitrogens with one attached hydrogen (secondary N) is 1. The second kappa shape index (κ2) is 12.3. The first-order chi connectivity index (χ1) is 19.1. The van der Waals surface area contributed by atoms with Gasteiger partial charge < -0.3 is 19.7 Å². The van der Waals surface area contributed by atoms with Gasteiger partial charge in [0.15, 0.2) is 0 Å². The molecule has 4 aromatic rings. The fourth-order valence-corrected chi connectivity index (χ4v) is 4.38. The van der Waals surface area contributed by atoms with Crippen molar-refractivity contribution in [2.24, 2.45) is 0 Å². The molecule has 1 fully saturated rings. The lowest BCUT2D eigenvalue weighted by atomic mass is 10.1. The lowest BCUT2D eigenvalue weighted by Crippen LogP contribution is -2.48. The van der Waals surface area contributed by atoms with E-state index in [-0.39, 0.29) is 6.09 Å². The van der Waals surface area contributed by atoms with Gasteiger partial charge in [0.1, 0.15) is 23.6 Å². The molecular weight excluding hydrogens is 490 g/mol. The summed E-state index contributed by atoms with van der Waals surface area (Å²) in [6.07, 6.45) is 1.32. The van der Waals surface area contributed by atoms with Gasteiger partial charge in [-0.05, 0) is 67.9 Å². The number of aryl methyl sites for hydroxylation is 1. The topological polar surface area (TPSA) is 79.8 Å². The first kappa shape index (κ1) is 26.0. The van der Waals surface area contributed by atoms with Crippen molar-refractivity contribution in [2.45, 2.75) is 13.8 Å². The van der Waals surface area contributed by atoms with E-state index in [4.69, 9.17) is 9.47 Å². The fourth-order valence-electron chi connectivity index (χ4n) is 4.38. The van der Waals surface area contributed by atoms with Crippen LogP contribution in [0.25, 0.3) is 10.9 Å². The van der Waals surface area contributed by atoms with Gasteiger partial charge in [-0.3, -0.25) is 4.90 Å². The molecule has 0 saturated carbocycles. The van der Waals surface area contributed by atoms with Crippen molar-refractivity contribution in [1.29, 1.82) is 0 Å². The van der Waals surface area contributed by atoms with E-state index in [1.807, 2.05) is 80.6 Å². The molecule has 0 spiro atoms. The van der Waals surface area contributed by atoms with Crippen LogP contribution in [-0.2, 0) is 4.74 Å². The minimum Gasteiger partial charge on any atom is -0.457 e. The van der Waals surface area contributed by atoms with Crippen molar-refractivity contribution in [2.75, 3.05) is 44.6 Å². The third kappa shape index (κ3) is 6.64. The highest BCUT2D eigenvalue weighted by molar-refractivity contribution is 5.91. The minimum absolute atomic E-state index is 0.238. The van der Waals surface area contributed by atoms with Crippen LogP contribution in [0.5, 0.6) is 11.5 Å². The van der Waals surface area contributed by atoms with Crippen LogP contribution in [0.3, 0.4) is 0 Å². The summed E-state index contributed by atoms with van der Waals surface area (Å²) in [4.78, 5) is 24.8. The van der Waals surface area contributed by atoms with Gasteiger partial charge in [0, 0.05) is 42.8 Å². The molecule has 2 heterocycles. The predicted octanol–water partition coefficient (Wildman–Crippen LogP) is 5.60. The monoisotopic (exact) mass is 521 g/mol. The Morgan fingerprint density at radius 1 is 1.00 bits per heavy atom. The van der Waals surface area contributed by atoms with Gasteiger partial charge in [-0.2, -0.15) is 0 Å². The lowest BCUT2D eigenvalue weighted by molar-refractivity contribution is 0.0829. The summed E-state index contributed by atoms with van der Waals surface area (Å²) in [7, 11) is 0. The van der Waals surface area contributed by atoms with Crippen molar-refractivity contribution < 1.29 is 14.3 Å². The minimum atomic E-state index is -0.238. The molecular formula is C31H31N5O3. The molecule has 0 unspecified atom stereocenters. The van der Waals surface area contributed by atoms with E-state index in [9.17, 15) is 4.79 Å². The summed E-state index contributed by atoms with van der Waals surface area (Å²) in [5.41, 5.74) is 3.66. The van der Waals surface area contributed by atoms with Crippen LogP contribution < -0.4 is 10.1 Å². The second-order valence-electron chi connectivity index (χ2n) is 9.24. The molecule has 1 aliphatic heterocycles. The molecule has 8 heteroatoms. The predicted molar refractivity (Wildman–Crippen MR) is 152 cm³/mol. The van der Waals surface area contributed by atoms with Crippen molar-refractivity contribution in [3.63, 3.8) is 0 Å². The SMILES string of the molecule is CCOC(=O)N1CCN(CC#Cc2ccc3ncnc(Nc4ccc(Oc5ccccc5)c(C)c4)c3c2)CC1. The molecule has 1 saturated heterocycles. The number of hydrogen-bond donors (Lipinski definition) is 1. The number of benzene rings is 3. The summed E-state index contributed by atoms with van der Waals surface area (Å²) >= 11 is 0. The van der Waals surface area contributed by atoms with E-state index in [1.54, 1.807) is 11.2 Å². The molecule has 39 heavy (non-hydrogen) atoms. The van der Waals surface area contributed by atoms with Crippen LogP contribution in [-0.4, -0.2) is 65.2 Å². The molecule has 0 atom stereocenters. The Balaban J connectivity index is 1.25. The van der Waals surface area contributed by atoms with Gasteiger partial charge >= 0.3 is 6.09 Å². The van der Waals surface area contributed by atoms with Crippen molar-refractivity contribution >= 4 is 28.5 Å². The maximum absolute atomic E-state index is 11.9. The molecule has 1 aliphatic rings. The number of rotatable bonds is 6. The lowest BCUT2D eigenvalue weighted by Gasteiger charge is -2.32. The number of hydrogen-bond acceptors (Lipinski definition) is 7. The van der Waals surface area contributed by atoms with Crippen molar-refractivity contribution in [3.05, 3.63) is 84.2 Å². The number of fused-ring (bicyclic) bond motifs is 1. The van der Waals surface area contributed by atoms with E-state index in [0.29, 0.717) is 26.2 Å². The quantitative estimate of drug-likeness (QED) is 0.331. The zero-order valence-corrected chi connectivity index (χ0v) is 22.2. The zero-order valence-electron chi connectivity index (χ0n) is 22.2. The summed E-state index contributed by atoms with van der Waals surface area (Å²) in [6.45, 7) is 7.75. The summed E-state index contributed by atoms with van der Waals surface area (Å²) in [5, 5.41) is 4.33. The molecule has 0 bridgehead atoms. The third-order valence-corrected chi connectivity index (χ3v) is 6.48. The van der Waals surface area contributed by atoms with E-state index in [0.717, 1.165) is 58.1 Å². The first-order valence-electron chi connectivity index (χ1n) is 13.1. The van der Waals surface area contributed by atoms with Crippen LogP contribution in [0, 0.1) is 18.8 Å². The Morgan fingerprint density at radius 3 is 2.59 bits per heavy atom. The number of nitrogens with zero attached hydrogens (tertiary/aromatic N) is 4. The standard InChI is InChI=1S/C31H31N5O3/c1-3-38-31(37)36-18-16-35(17-19-36)15-7-8-24-11-13-28-27(21-24)30(33-22-32-28)34-25-12-14-29(23(2)20-25)39-26-9-5-4-6-10-26/h4-6,9-14,20-22H,3,15-19H2,1-2H3,(H,32,33,34). The molecule has 1 N–H and O–H groups in total. The normalized spacial score (nSPS) is 13.4. The Bertz CT molecular complexity index is 1510. The molecule has 0 aliphatic carbocycles. The van der Waals surface area contributed by atoms with Gasteiger partial charge in [0.05, 0.1) is 18.7 Å². The second-order valence-corrected chi connectivity index (χ2v) is 9.24. The van der Waals surface area contributed by atoms with Crippen LogP contribution in [0.15, 0.2) is 73.1 Å². The zero-order chi connectivity index (χ0) is 27.0. The molecule has 1 aromatic heterocycles. The van der Waals surface area contributed by atoms with E-state index in [1.165, 1.54) is 0 Å². The number of ether oxygens (including phenoxy) is 2. The van der Waals surface area contributed by atoms with Crippen molar-refractivity contribution in [1.82, 2.24) is 19.8 Å². The van der Waals surface area contributed by atoms with Gasteiger partial charge in [-0.1, -0.05) is 30.0 Å². The summed E-state index contributed by atoms with van der Waals surface area (Å²) in [6, 6.07) is 21.7. The highest BCUT2D eigenvalue weighted by Crippen LogP contribution is 2.30. The van der Waals surface area contributed by atoms with E-state index < -0.39 is 0 Å². The number of amides is 1. The molecule has 5 rings (SSSR count). The number of aromatic nitrogens is 2. The number of carbonyl (C=O) groups is 1. The molecule has 3 aromatic carbocycles. The third-order valence-electron chi connectivity index (χ3n) is 6.48. The average Bonchev–Trinajstić information content (AvgIpc) is 2.96. The Hall–Kier alpha value is -4.61. The summed E-state index contributed by atoms with van der Waals surface area (Å²) in [5.74, 6) is 8.87. The Kier molecular flexibility index (Phi) is 8.20. The largest absolute Gasteiger partial charge is 0.457 e. The Morgan fingerprint density at radius 2 is 1.82 bits per heavy atom. The van der Waals surface area contributed by atoms with E-state index >= 15 is 0 Å². The molecule has 198 valence electrons. The van der Waals surface area contributed by atoms with Crippen LogP contribution in [0.4, 0.5) is 16.3 Å². The van der Waals surface area contributed by atoms with Crippen LogP contribution in [0.1, 0.15) is 18.1 Å². The van der Waals surface area contributed by atoms with E-state index in [2.05, 4.69) is 32.0 Å². The number of anilines is 2. The number of piperazine rings is 1. The number of para-hydroxylation sites is 1. The smallest absolute Gasteiger partial charge is 0.409 e. The average molecular weight is 522 g/mol. The van der Waals surface area contributed by atoms with Crippen LogP contribution in [0.2, 0.25) is 0 Å². The Labute approximate surface area is 228 Å². The molecule has 0 radical (unpaired) electrons.